The van der Waals surface area contributed by atoms with Crippen molar-refractivity contribution in [1.29, 1.82) is 0 Å². The highest BCUT2D eigenvalue weighted by Gasteiger charge is 2.30. The quantitative estimate of drug-likeness (QED) is 0.789. The fraction of sp³-hybridized carbons (Fsp3) is 0.417. The van der Waals surface area contributed by atoms with Gasteiger partial charge in [0.25, 0.3) is 0 Å². The fourth-order valence-electron chi connectivity index (χ4n) is 1.41. The largest absolute Gasteiger partial charge is 0.382 e. The molecule has 4 nitrogen and oxygen atoms in total. The highest BCUT2D eigenvalue weighted by molar-refractivity contribution is 5.87. The van der Waals surface area contributed by atoms with E-state index < -0.39 is 11.4 Å². The fourth-order valence-corrected chi connectivity index (χ4v) is 1.41. The second kappa shape index (κ2) is 4.99. The average molecular weight is 222 g/mol. The minimum Gasteiger partial charge on any atom is -0.382 e. The van der Waals surface area contributed by atoms with Crippen LogP contribution in [0.4, 0.5) is 5.69 Å². The monoisotopic (exact) mass is 222 g/mol. The lowest BCUT2D eigenvalue weighted by atomic mass is 10.0. The van der Waals surface area contributed by atoms with Crippen molar-refractivity contribution in [2.75, 3.05) is 19.0 Å². The molecule has 4 heteroatoms. The first-order chi connectivity index (χ1) is 7.48. The number of carbonyl (C=O) groups excluding carboxylic acids is 1. The zero-order valence-corrected chi connectivity index (χ0v) is 9.91. The van der Waals surface area contributed by atoms with Crippen LogP contribution >= 0.6 is 0 Å². The second-order valence-corrected chi connectivity index (χ2v) is 4.12. The summed E-state index contributed by atoms with van der Waals surface area (Å²) in [6.07, 6.45) is 0. The van der Waals surface area contributed by atoms with Crippen molar-refractivity contribution in [3.8, 4) is 0 Å². The van der Waals surface area contributed by atoms with Crippen molar-refractivity contribution in [1.82, 2.24) is 0 Å². The predicted molar refractivity (Wildman–Crippen MR) is 64.3 cm³/mol. The van der Waals surface area contributed by atoms with Crippen LogP contribution in [-0.4, -0.2) is 25.2 Å². The van der Waals surface area contributed by atoms with Crippen LogP contribution in [-0.2, 0) is 9.53 Å². The lowest BCUT2D eigenvalue weighted by Gasteiger charge is -2.27. The van der Waals surface area contributed by atoms with Crippen LogP contribution in [0.3, 0.4) is 0 Å². The number of nitrogens with one attached hydrogen (secondary N) is 1. The van der Waals surface area contributed by atoms with Gasteiger partial charge >= 0.3 is 0 Å². The number of benzene rings is 1. The third-order valence-corrected chi connectivity index (χ3v) is 2.45. The average Bonchev–Trinajstić information content (AvgIpc) is 2.22. The van der Waals surface area contributed by atoms with Crippen molar-refractivity contribution < 1.29 is 9.53 Å². The molecule has 1 atom stereocenters. The molecule has 16 heavy (non-hydrogen) atoms. The van der Waals surface area contributed by atoms with E-state index in [-0.39, 0.29) is 6.61 Å². The molecule has 0 aromatic heterocycles. The van der Waals surface area contributed by atoms with Crippen molar-refractivity contribution in [3.05, 3.63) is 29.8 Å². The molecule has 0 aliphatic carbocycles. The minimum absolute atomic E-state index is 0.232. The molecule has 1 rings (SSSR count). The molecule has 0 saturated carbocycles. The number of methoxy groups -OCH3 is 1. The molecular weight excluding hydrogens is 204 g/mol. The Morgan fingerprint density at radius 3 is 2.44 bits per heavy atom. The molecule has 0 bridgehead atoms. The van der Waals surface area contributed by atoms with Gasteiger partial charge in [0.15, 0.2) is 0 Å². The van der Waals surface area contributed by atoms with Gasteiger partial charge in [-0.1, -0.05) is 17.7 Å². The number of aryl methyl sites for hydroxylation is 1. The van der Waals surface area contributed by atoms with Crippen LogP contribution in [0.15, 0.2) is 24.3 Å². The smallest absolute Gasteiger partial charge is 0.245 e. The van der Waals surface area contributed by atoms with Crippen molar-refractivity contribution in [2.24, 2.45) is 5.73 Å². The molecule has 0 heterocycles. The molecule has 1 aromatic rings. The number of nitrogens with two attached hydrogens (primary N) is 1. The zero-order chi connectivity index (χ0) is 12.2. The maximum Gasteiger partial charge on any atom is 0.245 e. The normalized spacial score (nSPS) is 14.2. The first-order valence-corrected chi connectivity index (χ1v) is 5.11. The van der Waals surface area contributed by atoms with E-state index in [9.17, 15) is 4.79 Å². The molecule has 1 unspecified atom stereocenters. The SMILES string of the molecule is COCC(C)(Nc1ccc(C)cc1)C(N)=O. The number of ether oxygens (including phenoxy) is 1. The summed E-state index contributed by atoms with van der Waals surface area (Å²) >= 11 is 0. The Balaban J connectivity index is 2.83. The van der Waals surface area contributed by atoms with Gasteiger partial charge in [0.05, 0.1) is 6.61 Å². The molecule has 0 aliphatic rings. The summed E-state index contributed by atoms with van der Waals surface area (Å²) in [6, 6.07) is 7.76. The number of hydrogen-bond donors (Lipinski definition) is 2. The number of amides is 1. The van der Waals surface area contributed by atoms with E-state index in [1.165, 1.54) is 7.11 Å². The maximum absolute atomic E-state index is 11.4. The Labute approximate surface area is 95.8 Å². The molecule has 88 valence electrons. The van der Waals surface area contributed by atoms with E-state index in [0.717, 1.165) is 11.3 Å². The number of hydrogen-bond acceptors (Lipinski definition) is 3. The first-order valence-electron chi connectivity index (χ1n) is 5.11. The van der Waals surface area contributed by atoms with Crippen molar-refractivity contribution >= 4 is 11.6 Å². The van der Waals surface area contributed by atoms with Gasteiger partial charge in [-0.05, 0) is 26.0 Å². The number of carbonyl (C=O) groups is 1. The molecule has 0 radical (unpaired) electrons. The van der Waals surface area contributed by atoms with Crippen LogP contribution in [0.1, 0.15) is 12.5 Å². The molecule has 1 amide bonds. The third kappa shape index (κ3) is 2.97. The van der Waals surface area contributed by atoms with Gasteiger partial charge in [-0.3, -0.25) is 4.79 Å². The van der Waals surface area contributed by atoms with Gasteiger partial charge in [0.1, 0.15) is 5.54 Å². The van der Waals surface area contributed by atoms with E-state index in [2.05, 4.69) is 5.32 Å². The van der Waals surface area contributed by atoms with Gasteiger partial charge < -0.3 is 15.8 Å². The lowest BCUT2D eigenvalue weighted by molar-refractivity contribution is -0.123. The highest BCUT2D eigenvalue weighted by Crippen LogP contribution is 2.16. The van der Waals surface area contributed by atoms with Gasteiger partial charge in [-0.25, -0.2) is 0 Å². The molecule has 3 N–H and O–H groups in total. The van der Waals surface area contributed by atoms with Gasteiger partial charge in [-0.15, -0.1) is 0 Å². The van der Waals surface area contributed by atoms with Gasteiger partial charge in [-0.2, -0.15) is 0 Å². The molecule has 0 aliphatic heterocycles. The van der Waals surface area contributed by atoms with Crippen LogP contribution in [0.2, 0.25) is 0 Å². The summed E-state index contributed by atoms with van der Waals surface area (Å²) in [5.74, 6) is -0.435. The molecule has 0 spiro atoms. The standard InChI is InChI=1S/C12H18N2O2/c1-9-4-6-10(7-5-9)14-12(2,8-16-3)11(13)15/h4-7,14H,8H2,1-3H3,(H2,13,15). The van der Waals surface area contributed by atoms with Gasteiger partial charge in [0.2, 0.25) is 5.91 Å². The summed E-state index contributed by atoms with van der Waals surface area (Å²) in [4.78, 5) is 11.4. The lowest BCUT2D eigenvalue weighted by Crippen LogP contribution is -2.51. The van der Waals surface area contributed by atoms with Gasteiger partial charge in [0, 0.05) is 12.8 Å². The Hall–Kier alpha value is -1.55. The number of rotatable bonds is 5. The summed E-state index contributed by atoms with van der Waals surface area (Å²) < 4.78 is 5.00. The van der Waals surface area contributed by atoms with E-state index in [1.807, 2.05) is 31.2 Å². The molecular formula is C12H18N2O2. The van der Waals surface area contributed by atoms with Crippen molar-refractivity contribution in [2.45, 2.75) is 19.4 Å². The van der Waals surface area contributed by atoms with E-state index in [4.69, 9.17) is 10.5 Å². The van der Waals surface area contributed by atoms with Crippen LogP contribution in [0.25, 0.3) is 0 Å². The molecule has 1 aromatic carbocycles. The predicted octanol–water partition coefficient (Wildman–Crippen LogP) is 1.30. The Kier molecular flexibility index (Phi) is 3.90. The summed E-state index contributed by atoms with van der Waals surface area (Å²) in [5, 5.41) is 3.08. The Morgan fingerprint density at radius 2 is 2.00 bits per heavy atom. The van der Waals surface area contributed by atoms with E-state index in [0.29, 0.717) is 0 Å². The number of anilines is 1. The topological polar surface area (TPSA) is 64.3 Å². The minimum atomic E-state index is -0.885. The Morgan fingerprint density at radius 1 is 1.44 bits per heavy atom. The van der Waals surface area contributed by atoms with Crippen LogP contribution in [0.5, 0.6) is 0 Å². The van der Waals surface area contributed by atoms with Crippen LogP contribution in [0, 0.1) is 6.92 Å². The highest BCUT2D eigenvalue weighted by atomic mass is 16.5. The first kappa shape index (κ1) is 12.5. The zero-order valence-electron chi connectivity index (χ0n) is 9.91. The van der Waals surface area contributed by atoms with Crippen LogP contribution < -0.4 is 11.1 Å². The maximum atomic E-state index is 11.4. The molecule has 0 fully saturated rings. The van der Waals surface area contributed by atoms with E-state index >= 15 is 0 Å². The number of primary amides is 1. The third-order valence-electron chi connectivity index (χ3n) is 2.45. The summed E-state index contributed by atoms with van der Waals surface area (Å²) in [5.41, 5.74) is 6.48. The second-order valence-electron chi connectivity index (χ2n) is 4.12. The summed E-state index contributed by atoms with van der Waals surface area (Å²) in [6.45, 7) is 3.96. The van der Waals surface area contributed by atoms with E-state index in [1.54, 1.807) is 6.92 Å². The summed E-state index contributed by atoms with van der Waals surface area (Å²) in [7, 11) is 1.54. The Bertz CT molecular complexity index is 362. The van der Waals surface area contributed by atoms with Crippen molar-refractivity contribution in [3.63, 3.8) is 0 Å². The molecule has 0 saturated heterocycles.